The zero-order valence-corrected chi connectivity index (χ0v) is 13.6. The van der Waals surface area contributed by atoms with Gasteiger partial charge in [0.05, 0.1) is 7.11 Å². The number of nitrogens with zero attached hydrogens (tertiary/aromatic N) is 1. The summed E-state index contributed by atoms with van der Waals surface area (Å²) in [4.78, 5) is 2.74. The van der Waals surface area contributed by atoms with Crippen molar-refractivity contribution in [2.75, 3.05) is 13.7 Å². The fraction of sp³-hybridized carbons (Fsp3) is 0.647. The highest BCUT2D eigenvalue weighted by molar-refractivity contribution is 5.85. The largest absolute Gasteiger partial charge is 0.496 e. The highest BCUT2D eigenvalue weighted by atomic mass is 35.5. The lowest BCUT2D eigenvalue weighted by atomic mass is 9.80. The van der Waals surface area contributed by atoms with Crippen LogP contribution in [0.1, 0.15) is 37.8 Å². The normalized spacial score (nSPS) is 28.4. The molecule has 0 aromatic heterocycles. The summed E-state index contributed by atoms with van der Waals surface area (Å²) in [6.45, 7) is 5.93. The highest BCUT2D eigenvalue weighted by Crippen LogP contribution is 2.41. The van der Waals surface area contributed by atoms with Crippen LogP contribution >= 0.6 is 12.4 Å². The summed E-state index contributed by atoms with van der Waals surface area (Å²) in [6, 6.07) is 8.03. The second kappa shape index (κ2) is 6.36. The van der Waals surface area contributed by atoms with E-state index < -0.39 is 0 Å². The summed E-state index contributed by atoms with van der Waals surface area (Å²) < 4.78 is 5.56. The molecule has 2 aliphatic rings. The fourth-order valence-electron chi connectivity index (χ4n) is 4.19. The first-order valence-electron chi connectivity index (χ1n) is 7.65. The van der Waals surface area contributed by atoms with E-state index in [-0.39, 0.29) is 12.4 Å². The second-order valence-electron chi connectivity index (χ2n) is 6.16. The lowest BCUT2D eigenvalue weighted by Gasteiger charge is -2.34. The molecule has 3 heteroatoms. The summed E-state index contributed by atoms with van der Waals surface area (Å²) in [5.74, 6) is 1.94. The third kappa shape index (κ3) is 2.56. The van der Waals surface area contributed by atoms with Crippen LogP contribution in [0.5, 0.6) is 5.75 Å². The van der Waals surface area contributed by atoms with Crippen molar-refractivity contribution in [3.63, 3.8) is 0 Å². The Bertz CT molecular complexity index is 462. The SMILES string of the molecule is CCCN1C2Cc3c(cccc3OC)C[C@@H]2C[C@H]1C.Cl. The monoisotopic (exact) mass is 295 g/mol. The molecule has 112 valence electrons. The van der Waals surface area contributed by atoms with Crippen molar-refractivity contribution in [1.82, 2.24) is 4.90 Å². The second-order valence-corrected chi connectivity index (χ2v) is 6.16. The van der Waals surface area contributed by atoms with Gasteiger partial charge in [0, 0.05) is 12.1 Å². The van der Waals surface area contributed by atoms with E-state index in [1.54, 1.807) is 7.11 Å². The maximum atomic E-state index is 5.56. The lowest BCUT2D eigenvalue weighted by Crippen LogP contribution is -2.40. The molecule has 1 aromatic carbocycles. The van der Waals surface area contributed by atoms with Gasteiger partial charge in [0.15, 0.2) is 0 Å². The number of hydrogen-bond donors (Lipinski definition) is 0. The minimum atomic E-state index is 0. The molecule has 0 amide bonds. The van der Waals surface area contributed by atoms with Crippen molar-refractivity contribution >= 4 is 12.4 Å². The molecule has 1 aliphatic heterocycles. The summed E-state index contributed by atoms with van der Waals surface area (Å²) >= 11 is 0. The van der Waals surface area contributed by atoms with E-state index in [9.17, 15) is 0 Å². The van der Waals surface area contributed by atoms with Crippen LogP contribution in [0.25, 0.3) is 0 Å². The van der Waals surface area contributed by atoms with Gasteiger partial charge in [-0.1, -0.05) is 19.1 Å². The summed E-state index contributed by atoms with van der Waals surface area (Å²) in [5.41, 5.74) is 2.98. The molecule has 0 N–H and O–H groups in total. The van der Waals surface area contributed by atoms with Crippen molar-refractivity contribution in [2.45, 2.75) is 51.6 Å². The van der Waals surface area contributed by atoms with Crippen LogP contribution in [0.4, 0.5) is 0 Å². The van der Waals surface area contributed by atoms with Gasteiger partial charge in [0.25, 0.3) is 0 Å². The Hall–Kier alpha value is -0.730. The third-order valence-corrected chi connectivity index (χ3v) is 5.01. The molecule has 1 aromatic rings. The van der Waals surface area contributed by atoms with Crippen LogP contribution in [-0.4, -0.2) is 30.6 Å². The first-order chi connectivity index (χ1) is 9.24. The molecule has 20 heavy (non-hydrogen) atoms. The number of halogens is 1. The van der Waals surface area contributed by atoms with Crippen molar-refractivity contribution in [3.8, 4) is 5.75 Å². The number of methoxy groups -OCH3 is 1. The third-order valence-electron chi connectivity index (χ3n) is 5.01. The molecule has 1 saturated heterocycles. The lowest BCUT2D eigenvalue weighted by molar-refractivity contribution is 0.180. The number of ether oxygens (including phenoxy) is 1. The van der Waals surface area contributed by atoms with Crippen LogP contribution in [0.2, 0.25) is 0 Å². The zero-order chi connectivity index (χ0) is 13.4. The van der Waals surface area contributed by atoms with Crippen molar-refractivity contribution < 1.29 is 4.74 Å². The van der Waals surface area contributed by atoms with Gasteiger partial charge in [-0.3, -0.25) is 4.90 Å². The van der Waals surface area contributed by atoms with Gasteiger partial charge in [-0.25, -0.2) is 0 Å². The Morgan fingerprint density at radius 3 is 2.80 bits per heavy atom. The molecular weight excluding hydrogens is 270 g/mol. The van der Waals surface area contributed by atoms with E-state index in [0.717, 1.165) is 23.8 Å². The maximum Gasteiger partial charge on any atom is 0.122 e. The minimum absolute atomic E-state index is 0. The van der Waals surface area contributed by atoms with Gasteiger partial charge in [-0.05, 0) is 62.3 Å². The molecule has 3 atom stereocenters. The van der Waals surface area contributed by atoms with E-state index in [1.165, 1.54) is 43.4 Å². The van der Waals surface area contributed by atoms with Crippen LogP contribution in [0, 0.1) is 5.92 Å². The van der Waals surface area contributed by atoms with Crippen molar-refractivity contribution in [2.24, 2.45) is 5.92 Å². The Morgan fingerprint density at radius 2 is 2.10 bits per heavy atom. The molecule has 1 unspecified atom stereocenters. The molecule has 0 spiro atoms. The Kier molecular flexibility index (Phi) is 4.98. The first-order valence-corrected chi connectivity index (χ1v) is 7.65. The zero-order valence-electron chi connectivity index (χ0n) is 12.8. The number of rotatable bonds is 3. The Labute approximate surface area is 128 Å². The molecule has 1 heterocycles. The van der Waals surface area contributed by atoms with Crippen molar-refractivity contribution in [3.05, 3.63) is 29.3 Å². The molecule has 1 aliphatic carbocycles. The van der Waals surface area contributed by atoms with E-state index in [0.29, 0.717) is 0 Å². The predicted octanol–water partition coefficient (Wildman–Crippen LogP) is 3.70. The van der Waals surface area contributed by atoms with E-state index in [2.05, 4.69) is 36.9 Å². The van der Waals surface area contributed by atoms with Crippen LogP contribution in [0.15, 0.2) is 18.2 Å². The predicted molar refractivity (Wildman–Crippen MR) is 86.0 cm³/mol. The average Bonchev–Trinajstić information content (AvgIpc) is 2.72. The van der Waals surface area contributed by atoms with Gasteiger partial charge in [-0.15, -0.1) is 12.4 Å². The first kappa shape index (κ1) is 15.7. The van der Waals surface area contributed by atoms with E-state index in [4.69, 9.17) is 4.74 Å². The maximum absolute atomic E-state index is 5.56. The molecule has 2 nitrogen and oxygen atoms in total. The van der Waals surface area contributed by atoms with Crippen LogP contribution in [-0.2, 0) is 12.8 Å². The molecule has 0 bridgehead atoms. The summed E-state index contributed by atoms with van der Waals surface area (Å²) in [7, 11) is 1.79. The topological polar surface area (TPSA) is 12.5 Å². The van der Waals surface area contributed by atoms with Gasteiger partial charge in [-0.2, -0.15) is 0 Å². The average molecular weight is 296 g/mol. The highest BCUT2D eigenvalue weighted by Gasteiger charge is 2.41. The Balaban J connectivity index is 0.00000147. The van der Waals surface area contributed by atoms with Gasteiger partial charge < -0.3 is 4.74 Å². The number of fused-ring (bicyclic) bond motifs is 2. The summed E-state index contributed by atoms with van der Waals surface area (Å²) in [6.07, 6.45) is 5.03. The van der Waals surface area contributed by atoms with Crippen LogP contribution in [0.3, 0.4) is 0 Å². The quantitative estimate of drug-likeness (QED) is 0.843. The molecule has 0 saturated carbocycles. The minimum Gasteiger partial charge on any atom is -0.496 e. The molecular formula is C17H26ClNO. The summed E-state index contributed by atoms with van der Waals surface area (Å²) in [5, 5.41) is 0. The van der Waals surface area contributed by atoms with E-state index in [1.807, 2.05) is 0 Å². The fourth-order valence-corrected chi connectivity index (χ4v) is 4.19. The number of likely N-dealkylation sites (tertiary alicyclic amines) is 1. The molecule has 3 rings (SSSR count). The number of hydrogen-bond acceptors (Lipinski definition) is 2. The van der Waals surface area contributed by atoms with Crippen LogP contribution < -0.4 is 4.74 Å². The molecule has 0 radical (unpaired) electrons. The standard InChI is InChI=1S/C17H25NO.ClH/c1-4-8-18-12(2)9-14-10-13-6-5-7-17(19-3)15(13)11-16(14)18;/h5-7,12,14,16H,4,8-11H2,1-3H3;1H/t12-,14+,16?;/m1./s1. The smallest absolute Gasteiger partial charge is 0.122 e. The van der Waals surface area contributed by atoms with Gasteiger partial charge in [0.1, 0.15) is 5.75 Å². The van der Waals surface area contributed by atoms with Crippen molar-refractivity contribution in [1.29, 1.82) is 0 Å². The van der Waals surface area contributed by atoms with E-state index >= 15 is 0 Å². The van der Waals surface area contributed by atoms with Gasteiger partial charge >= 0.3 is 0 Å². The molecule has 1 fully saturated rings. The Morgan fingerprint density at radius 1 is 1.30 bits per heavy atom. The van der Waals surface area contributed by atoms with Gasteiger partial charge in [0.2, 0.25) is 0 Å². The number of benzene rings is 1.